The van der Waals surface area contributed by atoms with Crippen molar-refractivity contribution in [2.24, 2.45) is 0 Å². The van der Waals surface area contributed by atoms with Crippen molar-refractivity contribution in [1.29, 1.82) is 0 Å². The highest BCUT2D eigenvalue weighted by molar-refractivity contribution is 6.30. The first-order valence-electron chi connectivity index (χ1n) is 10.9. The molecule has 0 heterocycles. The van der Waals surface area contributed by atoms with E-state index in [4.69, 9.17) is 11.6 Å². The van der Waals surface area contributed by atoms with Gasteiger partial charge in [0.15, 0.2) is 0 Å². The van der Waals surface area contributed by atoms with Crippen molar-refractivity contribution in [2.45, 2.75) is 39.3 Å². The third-order valence-corrected chi connectivity index (χ3v) is 5.58. The summed E-state index contributed by atoms with van der Waals surface area (Å²) in [7, 11) is 0. The Bertz CT molecular complexity index is 1040. The Morgan fingerprint density at radius 1 is 0.906 bits per heavy atom. The average Bonchev–Trinajstić information content (AvgIpc) is 2.78. The number of nitrogens with one attached hydrogen (secondary N) is 1. The van der Waals surface area contributed by atoms with Crippen LogP contribution in [0.25, 0.3) is 0 Å². The Kier molecular flexibility index (Phi) is 8.46. The molecule has 0 saturated carbocycles. The summed E-state index contributed by atoms with van der Waals surface area (Å²) in [4.78, 5) is 28.4. The summed E-state index contributed by atoms with van der Waals surface area (Å²) in [6.07, 6.45) is 0.680. The standard InChI is InChI=1S/C27H29ClN2O2/c1-3-29-27(32)25(17-21-9-5-4-6-10-21)30(19-22-12-14-24(28)15-13-22)26(31)18-23-11-7-8-20(2)16-23/h4-16,25H,3,17-19H2,1-2H3,(H,29,32)/t25-/m0/s1. The zero-order chi connectivity index (χ0) is 22.9. The molecular formula is C27H29ClN2O2. The lowest BCUT2D eigenvalue weighted by atomic mass is 10.0. The van der Waals surface area contributed by atoms with E-state index in [2.05, 4.69) is 5.32 Å². The van der Waals surface area contributed by atoms with Gasteiger partial charge < -0.3 is 10.2 Å². The molecule has 0 saturated heterocycles. The topological polar surface area (TPSA) is 49.4 Å². The maximum absolute atomic E-state index is 13.6. The average molecular weight is 449 g/mol. The second-order valence-corrected chi connectivity index (χ2v) is 8.35. The molecule has 0 unspecified atom stereocenters. The van der Waals surface area contributed by atoms with E-state index in [1.165, 1.54) is 0 Å². The van der Waals surface area contributed by atoms with Gasteiger partial charge in [-0.15, -0.1) is 0 Å². The molecule has 0 aliphatic carbocycles. The zero-order valence-corrected chi connectivity index (χ0v) is 19.3. The summed E-state index contributed by atoms with van der Waals surface area (Å²) in [5.74, 6) is -0.236. The summed E-state index contributed by atoms with van der Waals surface area (Å²) in [5.41, 5.74) is 3.97. The van der Waals surface area contributed by atoms with Gasteiger partial charge in [-0.05, 0) is 42.7 Å². The number of likely N-dealkylation sites (N-methyl/N-ethyl adjacent to an activating group) is 1. The molecule has 1 N–H and O–H groups in total. The van der Waals surface area contributed by atoms with Crippen LogP contribution in [0.5, 0.6) is 0 Å². The van der Waals surface area contributed by atoms with E-state index in [0.29, 0.717) is 24.5 Å². The Morgan fingerprint density at radius 2 is 1.59 bits per heavy atom. The minimum absolute atomic E-state index is 0.0854. The van der Waals surface area contributed by atoms with Crippen LogP contribution in [0.3, 0.4) is 0 Å². The van der Waals surface area contributed by atoms with E-state index in [1.807, 2.05) is 80.6 Å². The van der Waals surface area contributed by atoms with Crippen molar-refractivity contribution in [2.75, 3.05) is 6.54 Å². The van der Waals surface area contributed by atoms with E-state index in [1.54, 1.807) is 17.0 Å². The Morgan fingerprint density at radius 3 is 2.25 bits per heavy atom. The van der Waals surface area contributed by atoms with E-state index < -0.39 is 6.04 Å². The van der Waals surface area contributed by atoms with Gasteiger partial charge in [0.2, 0.25) is 11.8 Å². The number of carbonyl (C=O) groups excluding carboxylic acids is 2. The van der Waals surface area contributed by atoms with Gasteiger partial charge in [-0.25, -0.2) is 0 Å². The number of benzene rings is 3. The second-order valence-electron chi connectivity index (χ2n) is 7.91. The van der Waals surface area contributed by atoms with Crippen LogP contribution >= 0.6 is 11.6 Å². The van der Waals surface area contributed by atoms with E-state index >= 15 is 0 Å². The largest absolute Gasteiger partial charge is 0.355 e. The van der Waals surface area contributed by atoms with Crippen molar-refractivity contribution in [3.8, 4) is 0 Å². The lowest BCUT2D eigenvalue weighted by Crippen LogP contribution is -2.50. The highest BCUT2D eigenvalue weighted by Gasteiger charge is 2.30. The number of nitrogens with zero attached hydrogens (tertiary/aromatic N) is 1. The van der Waals surface area contributed by atoms with Crippen molar-refractivity contribution < 1.29 is 9.59 Å². The molecule has 0 spiro atoms. The fourth-order valence-corrected chi connectivity index (χ4v) is 3.86. The molecule has 5 heteroatoms. The van der Waals surface area contributed by atoms with Crippen LogP contribution in [0, 0.1) is 6.92 Å². The smallest absolute Gasteiger partial charge is 0.243 e. The van der Waals surface area contributed by atoms with Gasteiger partial charge in [0.05, 0.1) is 6.42 Å². The number of halogens is 1. The normalized spacial score (nSPS) is 11.6. The number of amides is 2. The van der Waals surface area contributed by atoms with Crippen molar-refractivity contribution in [1.82, 2.24) is 10.2 Å². The number of hydrogen-bond acceptors (Lipinski definition) is 2. The van der Waals surface area contributed by atoms with Gasteiger partial charge in [0.25, 0.3) is 0 Å². The van der Waals surface area contributed by atoms with E-state index in [-0.39, 0.29) is 18.2 Å². The molecule has 3 aromatic carbocycles. The molecule has 3 aromatic rings. The summed E-state index contributed by atoms with van der Waals surface area (Å²) >= 11 is 6.05. The predicted molar refractivity (Wildman–Crippen MR) is 130 cm³/mol. The molecule has 0 aliphatic rings. The third-order valence-electron chi connectivity index (χ3n) is 5.33. The van der Waals surface area contributed by atoms with Crippen LogP contribution in [-0.4, -0.2) is 29.3 Å². The SMILES string of the molecule is CCNC(=O)[C@H](Cc1ccccc1)N(Cc1ccc(Cl)cc1)C(=O)Cc1cccc(C)c1. The van der Waals surface area contributed by atoms with Crippen molar-refractivity contribution in [3.63, 3.8) is 0 Å². The van der Waals surface area contributed by atoms with Gasteiger partial charge in [-0.1, -0.05) is 83.9 Å². The molecule has 32 heavy (non-hydrogen) atoms. The highest BCUT2D eigenvalue weighted by atomic mass is 35.5. The Labute approximate surface area is 195 Å². The molecule has 0 radical (unpaired) electrons. The lowest BCUT2D eigenvalue weighted by Gasteiger charge is -2.31. The van der Waals surface area contributed by atoms with Crippen LogP contribution in [-0.2, 0) is 29.0 Å². The first-order chi connectivity index (χ1) is 15.5. The number of aryl methyl sites for hydroxylation is 1. The van der Waals surface area contributed by atoms with E-state index in [0.717, 1.165) is 22.3 Å². The summed E-state index contributed by atoms with van der Waals surface area (Å²) in [6, 6.07) is 24.5. The monoisotopic (exact) mass is 448 g/mol. The first-order valence-corrected chi connectivity index (χ1v) is 11.2. The predicted octanol–water partition coefficient (Wildman–Crippen LogP) is 4.97. The molecule has 3 rings (SSSR count). The maximum atomic E-state index is 13.6. The molecule has 0 aromatic heterocycles. The highest BCUT2D eigenvalue weighted by Crippen LogP contribution is 2.18. The quantitative estimate of drug-likeness (QED) is 0.502. The first kappa shape index (κ1) is 23.6. The van der Waals surface area contributed by atoms with Gasteiger partial charge in [0, 0.05) is 24.5 Å². The third kappa shape index (κ3) is 6.69. The van der Waals surface area contributed by atoms with Crippen molar-refractivity contribution >= 4 is 23.4 Å². The molecule has 4 nitrogen and oxygen atoms in total. The van der Waals surface area contributed by atoms with Crippen LogP contribution in [0.2, 0.25) is 5.02 Å². The molecule has 0 bridgehead atoms. The molecule has 166 valence electrons. The summed E-state index contributed by atoms with van der Waals surface area (Å²) in [6.45, 7) is 4.73. The molecule has 2 amide bonds. The number of hydrogen-bond donors (Lipinski definition) is 1. The van der Waals surface area contributed by atoms with Gasteiger partial charge in [-0.2, -0.15) is 0 Å². The zero-order valence-electron chi connectivity index (χ0n) is 18.6. The Hall–Kier alpha value is -3.11. The van der Waals surface area contributed by atoms with Crippen LogP contribution in [0.15, 0.2) is 78.9 Å². The fraction of sp³-hybridized carbons (Fsp3) is 0.259. The summed E-state index contributed by atoms with van der Waals surface area (Å²) in [5, 5.41) is 3.55. The minimum Gasteiger partial charge on any atom is -0.355 e. The molecular weight excluding hydrogens is 420 g/mol. The number of carbonyl (C=O) groups is 2. The van der Waals surface area contributed by atoms with Gasteiger partial charge >= 0.3 is 0 Å². The molecule has 0 fully saturated rings. The lowest BCUT2D eigenvalue weighted by molar-refractivity contribution is -0.140. The van der Waals surface area contributed by atoms with E-state index in [9.17, 15) is 9.59 Å². The number of rotatable bonds is 9. The minimum atomic E-state index is -0.620. The van der Waals surface area contributed by atoms with Gasteiger partial charge in [0.1, 0.15) is 6.04 Å². The maximum Gasteiger partial charge on any atom is 0.243 e. The second kappa shape index (κ2) is 11.5. The van der Waals surface area contributed by atoms with Crippen LogP contribution in [0.1, 0.15) is 29.2 Å². The summed E-state index contributed by atoms with van der Waals surface area (Å²) < 4.78 is 0. The molecule has 0 aliphatic heterocycles. The van der Waals surface area contributed by atoms with Gasteiger partial charge in [-0.3, -0.25) is 9.59 Å². The Balaban J connectivity index is 1.94. The van der Waals surface area contributed by atoms with Crippen molar-refractivity contribution in [3.05, 3.63) is 106 Å². The van der Waals surface area contributed by atoms with Crippen LogP contribution < -0.4 is 5.32 Å². The molecule has 1 atom stereocenters. The fourth-order valence-electron chi connectivity index (χ4n) is 3.73. The van der Waals surface area contributed by atoms with Crippen LogP contribution in [0.4, 0.5) is 0 Å².